The van der Waals surface area contributed by atoms with Crippen molar-refractivity contribution < 1.29 is 0 Å². The number of piperidine rings is 1. The molecule has 1 aliphatic rings. The van der Waals surface area contributed by atoms with E-state index in [-0.39, 0.29) is 11.6 Å². The summed E-state index contributed by atoms with van der Waals surface area (Å²) in [7, 11) is 0. The molecule has 0 spiro atoms. The molecule has 0 aliphatic carbocycles. The number of nitrogens with zero attached hydrogens (tertiary/aromatic N) is 3. The van der Waals surface area contributed by atoms with Crippen molar-refractivity contribution in [2.24, 2.45) is 5.73 Å². The van der Waals surface area contributed by atoms with E-state index in [9.17, 15) is 4.79 Å². The predicted molar refractivity (Wildman–Crippen MR) is 63.6 cm³/mol. The van der Waals surface area contributed by atoms with Crippen LogP contribution in [0.4, 0.5) is 5.82 Å². The third-order valence-corrected chi connectivity index (χ3v) is 3.08. The van der Waals surface area contributed by atoms with Crippen LogP contribution in [-0.2, 0) is 6.54 Å². The molecule has 1 fully saturated rings. The molecule has 16 heavy (non-hydrogen) atoms. The molecule has 0 bridgehead atoms. The van der Waals surface area contributed by atoms with E-state index >= 15 is 0 Å². The van der Waals surface area contributed by atoms with Gasteiger partial charge >= 0.3 is 0 Å². The summed E-state index contributed by atoms with van der Waals surface area (Å²) in [5.74, 6) is 0.566. The van der Waals surface area contributed by atoms with Crippen molar-refractivity contribution in [2.45, 2.75) is 32.4 Å². The minimum atomic E-state index is 0.000437. The van der Waals surface area contributed by atoms with E-state index in [1.165, 1.54) is 0 Å². The van der Waals surface area contributed by atoms with Crippen molar-refractivity contribution in [3.63, 3.8) is 0 Å². The molecule has 0 saturated carbocycles. The summed E-state index contributed by atoms with van der Waals surface area (Å²) in [5.41, 5.74) is 5.84. The molecular formula is C11H18N4O. The second-order valence-electron chi connectivity index (χ2n) is 4.17. The number of aromatic nitrogens is 2. The molecule has 5 nitrogen and oxygen atoms in total. The number of hydrogen-bond acceptors (Lipinski definition) is 4. The molecule has 0 aromatic carbocycles. The first-order chi connectivity index (χ1) is 7.72. The molecular weight excluding hydrogens is 204 g/mol. The van der Waals surface area contributed by atoms with Crippen LogP contribution in [0.3, 0.4) is 0 Å². The smallest absolute Gasteiger partial charge is 0.293 e. The highest BCUT2D eigenvalue weighted by molar-refractivity contribution is 5.36. The first-order valence-corrected chi connectivity index (χ1v) is 5.78. The first kappa shape index (κ1) is 11.1. The van der Waals surface area contributed by atoms with Gasteiger partial charge in [0.15, 0.2) is 5.82 Å². The lowest BCUT2D eigenvalue weighted by Gasteiger charge is -2.30. The quantitative estimate of drug-likeness (QED) is 0.776. The molecule has 0 unspecified atom stereocenters. The predicted octanol–water partition coefficient (Wildman–Crippen LogP) is 0.191. The zero-order valence-electron chi connectivity index (χ0n) is 9.59. The maximum Gasteiger partial charge on any atom is 0.293 e. The lowest BCUT2D eigenvalue weighted by atomic mass is 10.1. The van der Waals surface area contributed by atoms with Gasteiger partial charge in [-0.25, -0.2) is 4.98 Å². The highest BCUT2D eigenvalue weighted by atomic mass is 16.1. The fourth-order valence-electron chi connectivity index (χ4n) is 2.01. The van der Waals surface area contributed by atoms with Crippen molar-refractivity contribution in [1.29, 1.82) is 0 Å². The van der Waals surface area contributed by atoms with Crippen LogP contribution in [0.15, 0.2) is 17.2 Å². The highest BCUT2D eigenvalue weighted by Crippen LogP contribution is 2.12. The largest absolute Gasteiger partial charge is 0.352 e. The lowest BCUT2D eigenvalue weighted by Crippen LogP contribution is -2.43. The normalized spacial score (nSPS) is 17.8. The Bertz CT molecular complexity index is 407. The van der Waals surface area contributed by atoms with Crippen LogP contribution in [0, 0.1) is 0 Å². The molecule has 1 aliphatic heterocycles. The summed E-state index contributed by atoms with van der Waals surface area (Å²) in [6.45, 7) is 4.30. The standard InChI is InChI=1S/C11H18N4O/c1-2-14-8-5-13-10(11(14)16)15-6-3-9(12)4-7-15/h5,8-9H,2-4,6-7,12H2,1H3. The fraction of sp³-hybridized carbons (Fsp3) is 0.636. The third-order valence-electron chi connectivity index (χ3n) is 3.08. The molecule has 2 N–H and O–H groups in total. The van der Waals surface area contributed by atoms with Crippen molar-refractivity contribution >= 4 is 5.82 Å². The second-order valence-corrected chi connectivity index (χ2v) is 4.17. The van der Waals surface area contributed by atoms with Crippen LogP contribution in [0.2, 0.25) is 0 Å². The molecule has 1 aromatic rings. The van der Waals surface area contributed by atoms with Gasteiger partial charge < -0.3 is 15.2 Å². The lowest BCUT2D eigenvalue weighted by molar-refractivity contribution is 0.495. The Labute approximate surface area is 94.9 Å². The summed E-state index contributed by atoms with van der Waals surface area (Å²) in [6, 6.07) is 0.272. The molecule has 88 valence electrons. The van der Waals surface area contributed by atoms with Gasteiger partial charge in [-0.1, -0.05) is 0 Å². The zero-order chi connectivity index (χ0) is 11.5. The van der Waals surface area contributed by atoms with E-state index < -0.39 is 0 Å². The number of hydrogen-bond donors (Lipinski definition) is 1. The van der Waals surface area contributed by atoms with Crippen LogP contribution in [0.1, 0.15) is 19.8 Å². The number of anilines is 1. The van der Waals surface area contributed by atoms with Gasteiger partial charge in [0.2, 0.25) is 0 Å². The van der Waals surface area contributed by atoms with Crippen LogP contribution >= 0.6 is 0 Å². The molecule has 0 amide bonds. The van der Waals surface area contributed by atoms with Crippen molar-refractivity contribution in [3.05, 3.63) is 22.7 Å². The Balaban J connectivity index is 2.24. The Kier molecular flexibility index (Phi) is 3.24. The molecule has 1 aromatic heterocycles. The van der Waals surface area contributed by atoms with E-state index in [1.54, 1.807) is 17.0 Å². The highest BCUT2D eigenvalue weighted by Gasteiger charge is 2.19. The van der Waals surface area contributed by atoms with Gasteiger partial charge in [-0.2, -0.15) is 0 Å². The van der Waals surface area contributed by atoms with Crippen LogP contribution in [0.5, 0.6) is 0 Å². The minimum absolute atomic E-state index is 0.000437. The SMILES string of the molecule is CCn1ccnc(N2CCC(N)CC2)c1=O. The van der Waals surface area contributed by atoms with E-state index in [0.717, 1.165) is 25.9 Å². The van der Waals surface area contributed by atoms with Gasteiger partial charge in [-0.15, -0.1) is 0 Å². The molecule has 0 atom stereocenters. The van der Waals surface area contributed by atoms with Crippen molar-refractivity contribution in [2.75, 3.05) is 18.0 Å². The summed E-state index contributed by atoms with van der Waals surface area (Å²) in [5, 5.41) is 0. The first-order valence-electron chi connectivity index (χ1n) is 5.78. The average Bonchev–Trinajstić information content (AvgIpc) is 2.31. The van der Waals surface area contributed by atoms with Crippen LogP contribution in [0.25, 0.3) is 0 Å². The molecule has 2 rings (SSSR count). The van der Waals surface area contributed by atoms with Gasteiger partial charge in [0.25, 0.3) is 5.56 Å². The zero-order valence-corrected chi connectivity index (χ0v) is 9.59. The van der Waals surface area contributed by atoms with Crippen LogP contribution in [-0.4, -0.2) is 28.7 Å². The van der Waals surface area contributed by atoms with E-state index in [4.69, 9.17) is 5.73 Å². The summed E-state index contributed by atoms with van der Waals surface area (Å²) in [6.07, 6.45) is 5.28. The molecule has 1 saturated heterocycles. The van der Waals surface area contributed by atoms with Crippen molar-refractivity contribution in [1.82, 2.24) is 9.55 Å². The minimum Gasteiger partial charge on any atom is -0.352 e. The number of rotatable bonds is 2. The van der Waals surface area contributed by atoms with Gasteiger partial charge in [0, 0.05) is 38.1 Å². The Morgan fingerprint density at radius 1 is 1.50 bits per heavy atom. The van der Waals surface area contributed by atoms with Gasteiger partial charge in [-0.05, 0) is 19.8 Å². The van der Waals surface area contributed by atoms with Gasteiger partial charge in [-0.3, -0.25) is 4.79 Å². The maximum absolute atomic E-state index is 12.0. The monoisotopic (exact) mass is 222 g/mol. The fourth-order valence-corrected chi connectivity index (χ4v) is 2.01. The third kappa shape index (κ3) is 2.09. The van der Waals surface area contributed by atoms with Crippen molar-refractivity contribution in [3.8, 4) is 0 Å². The number of nitrogens with two attached hydrogens (primary N) is 1. The summed E-state index contributed by atoms with van der Waals surface area (Å²) >= 11 is 0. The maximum atomic E-state index is 12.0. The van der Waals surface area contributed by atoms with Crippen LogP contribution < -0.4 is 16.2 Å². The summed E-state index contributed by atoms with van der Waals surface area (Å²) in [4.78, 5) is 18.2. The topological polar surface area (TPSA) is 64.2 Å². The number of aryl methyl sites for hydroxylation is 1. The van der Waals surface area contributed by atoms with Gasteiger partial charge in [0.05, 0.1) is 0 Å². The van der Waals surface area contributed by atoms with E-state index in [1.807, 2.05) is 11.8 Å². The average molecular weight is 222 g/mol. The molecule has 0 radical (unpaired) electrons. The van der Waals surface area contributed by atoms with E-state index in [0.29, 0.717) is 12.4 Å². The molecule has 5 heteroatoms. The molecule has 2 heterocycles. The summed E-state index contributed by atoms with van der Waals surface area (Å²) < 4.78 is 1.68. The Morgan fingerprint density at radius 3 is 2.81 bits per heavy atom. The Hall–Kier alpha value is -1.36. The van der Waals surface area contributed by atoms with Gasteiger partial charge in [0.1, 0.15) is 0 Å². The Morgan fingerprint density at radius 2 is 2.19 bits per heavy atom. The van der Waals surface area contributed by atoms with E-state index in [2.05, 4.69) is 4.98 Å². The second kappa shape index (κ2) is 4.65.